The second kappa shape index (κ2) is 7.29. The Morgan fingerprint density at radius 3 is 2.25 bits per heavy atom. The van der Waals surface area contributed by atoms with E-state index in [2.05, 4.69) is 32.4 Å². The first-order valence-corrected chi connectivity index (χ1v) is 8.32. The largest absolute Gasteiger partial charge is 0.341 e. The van der Waals surface area contributed by atoms with Crippen LogP contribution in [0.4, 0.5) is 22.1 Å². The molecule has 1 fully saturated rings. The van der Waals surface area contributed by atoms with Gasteiger partial charge < -0.3 is 15.5 Å². The van der Waals surface area contributed by atoms with Crippen molar-refractivity contribution in [2.45, 2.75) is 26.7 Å². The third-order valence-electron chi connectivity index (χ3n) is 4.27. The fourth-order valence-electron chi connectivity index (χ4n) is 2.69. The van der Waals surface area contributed by atoms with E-state index in [0.29, 0.717) is 5.69 Å². The number of aromatic nitrogens is 2. The molecule has 1 aliphatic heterocycles. The number of nitrogens with zero attached hydrogens (tertiary/aromatic N) is 3. The molecule has 2 heterocycles. The normalized spacial score (nSPS) is 15.2. The van der Waals surface area contributed by atoms with Crippen LogP contribution in [0.5, 0.6) is 0 Å². The summed E-state index contributed by atoms with van der Waals surface area (Å²) in [5.74, 6) is 1.50. The molecular weight excluding hydrogens is 302 g/mol. The summed E-state index contributed by atoms with van der Waals surface area (Å²) < 4.78 is 0. The van der Waals surface area contributed by atoms with E-state index in [1.165, 1.54) is 12.8 Å². The maximum Gasteiger partial charge on any atom is 0.323 e. The quantitative estimate of drug-likeness (QED) is 0.903. The molecule has 126 valence electrons. The van der Waals surface area contributed by atoms with Crippen LogP contribution in [0, 0.1) is 12.8 Å². The summed E-state index contributed by atoms with van der Waals surface area (Å²) in [6.45, 7) is 6.26. The Kier molecular flexibility index (Phi) is 4.93. The first-order chi connectivity index (χ1) is 11.6. The number of nitrogens with one attached hydrogen (secondary N) is 2. The van der Waals surface area contributed by atoms with Crippen molar-refractivity contribution in [3.05, 3.63) is 42.2 Å². The monoisotopic (exact) mass is 325 g/mol. The number of carbonyl (C=O) groups is 1. The molecule has 6 heteroatoms. The van der Waals surface area contributed by atoms with Gasteiger partial charge >= 0.3 is 6.03 Å². The predicted molar refractivity (Wildman–Crippen MR) is 96.5 cm³/mol. The van der Waals surface area contributed by atoms with E-state index >= 15 is 0 Å². The van der Waals surface area contributed by atoms with Crippen LogP contribution in [-0.2, 0) is 0 Å². The molecule has 24 heavy (non-hydrogen) atoms. The van der Waals surface area contributed by atoms with Crippen molar-refractivity contribution in [3.8, 4) is 0 Å². The first-order valence-electron chi connectivity index (χ1n) is 8.32. The lowest BCUT2D eigenvalue weighted by atomic mass is 10.00. The molecule has 1 aliphatic rings. The molecule has 2 aromatic rings. The smallest absolute Gasteiger partial charge is 0.323 e. The van der Waals surface area contributed by atoms with E-state index in [1.54, 1.807) is 12.4 Å². The van der Waals surface area contributed by atoms with Crippen molar-refractivity contribution >= 4 is 23.4 Å². The first kappa shape index (κ1) is 16.2. The van der Waals surface area contributed by atoms with Gasteiger partial charge in [-0.1, -0.05) is 24.6 Å². The van der Waals surface area contributed by atoms with Crippen LogP contribution < -0.4 is 15.5 Å². The second-order valence-corrected chi connectivity index (χ2v) is 6.39. The van der Waals surface area contributed by atoms with E-state index < -0.39 is 0 Å². The standard InChI is InChI=1S/C18H23N5O/c1-13-3-5-15(6-4-13)21-18(24)22-16-11-19-17(20-12-16)23-9-7-14(2)8-10-23/h3-6,11-12,14H,7-10H2,1-2H3,(H2,21,22,24). The number of rotatable bonds is 3. The zero-order chi connectivity index (χ0) is 16.9. The number of benzene rings is 1. The third-order valence-corrected chi connectivity index (χ3v) is 4.27. The highest BCUT2D eigenvalue weighted by atomic mass is 16.2. The SMILES string of the molecule is Cc1ccc(NC(=O)Nc2cnc(N3CCC(C)CC3)nc2)cc1. The molecule has 1 aromatic heterocycles. The Balaban J connectivity index is 1.55. The molecule has 0 unspecified atom stereocenters. The number of piperidine rings is 1. The maximum absolute atomic E-state index is 12.0. The summed E-state index contributed by atoms with van der Waals surface area (Å²) >= 11 is 0. The zero-order valence-corrected chi connectivity index (χ0v) is 14.1. The number of hydrogen-bond acceptors (Lipinski definition) is 4. The van der Waals surface area contributed by atoms with Gasteiger partial charge in [-0.2, -0.15) is 0 Å². The number of aryl methyl sites for hydroxylation is 1. The number of anilines is 3. The van der Waals surface area contributed by atoms with Crippen LogP contribution in [0.1, 0.15) is 25.3 Å². The zero-order valence-electron chi connectivity index (χ0n) is 14.1. The molecule has 0 spiro atoms. The lowest BCUT2D eigenvalue weighted by Gasteiger charge is -2.30. The maximum atomic E-state index is 12.0. The van der Waals surface area contributed by atoms with Crippen molar-refractivity contribution in [1.29, 1.82) is 0 Å². The predicted octanol–water partition coefficient (Wildman–Crippen LogP) is 3.67. The fourth-order valence-corrected chi connectivity index (χ4v) is 2.69. The molecular formula is C18H23N5O. The van der Waals surface area contributed by atoms with Gasteiger partial charge in [0.15, 0.2) is 0 Å². The Bertz CT molecular complexity index is 676. The van der Waals surface area contributed by atoms with Gasteiger partial charge in [0, 0.05) is 18.8 Å². The van der Waals surface area contributed by atoms with Crippen molar-refractivity contribution in [1.82, 2.24) is 9.97 Å². The van der Waals surface area contributed by atoms with E-state index in [1.807, 2.05) is 31.2 Å². The van der Waals surface area contributed by atoms with Crippen molar-refractivity contribution in [2.24, 2.45) is 5.92 Å². The van der Waals surface area contributed by atoms with Gasteiger partial charge in [-0.3, -0.25) is 0 Å². The van der Waals surface area contributed by atoms with Crippen molar-refractivity contribution in [3.63, 3.8) is 0 Å². The Morgan fingerprint density at radius 2 is 1.62 bits per heavy atom. The summed E-state index contributed by atoms with van der Waals surface area (Å²) in [5.41, 5.74) is 2.48. The van der Waals surface area contributed by atoms with Crippen LogP contribution in [0.2, 0.25) is 0 Å². The minimum atomic E-state index is -0.304. The minimum absolute atomic E-state index is 0.304. The highest BCUT2D eigenvalue weighted by Gasteiger charge is 2.17. The highest BCUT2D eigenvalue weighted by Crippen LogP contribution is 2.20. The van der Waals surface area contributed by atoms with Gasteiger partial charge in [-0.25, -0.2) is 14.8 Å². The van der Waals surface area contributed by atoms with Gasteiger partial charge in [-0.05, 0) is 37.8 Å². The van der Waals surface area contributed by atoms with Crippen molar-refractivity contribution < 1.29 is 4.79 Å². The molecule has 2 N–H and O–H groups in total. The number of carbonyl (C=O) groups excluding carboxylic acids is 1. The number of hydrogen-bond donors (Lipinski definition) is 2. The summed E-state index contributed by atoms with van der Waals surface area (Å²) in [6, 6.07) is 7.33. The molecule has 0 saturated carbocycles. The van der Waals surface area contributed by atoms with Gasteiger partial charge in [0.25, 0.3) is 0 Å². The van der Waals surface area contributed by atoms with E-state index in [4.69, 9.17) is 0 Å². The number of urea groups is 1. The Hall–Kier alpha value is -2.63. The van der Waals surface area contributed by atoms with E-state index in [9.17, 15) is 4.79 Å². The lowest BCUT2D eigenvalue weighted by Crippen LogP contribution is -2.34. The van der Waals surface area contributed by atoms with Crippen LogP contribution in [0.3, 0.4) is 0 Å². The van der Waals surface area contributed by atoms with Crippen LogP contribution >= 0.6 is 0 Å². The molecule has 0 aliphatic carbocycles. The lowest BCUT2D eigenvalue weighted by molar-refractivity contribution is 0.262. The molecule has 0 atom stereocenters. The molecule has 1 aromatic carbocycles. The van der Waals surface area contributed by atoms with Gasteiger partial charge in [0.2, 0.25) is 5.95 Å². The Labute approximate surface area is 142 Å². The highest BCUT2D eigenvalue weighted by molar-refractivity contribution is 5.99. The summed E-state index contributed by atoms with van der Waals surface area (Å²) in [5, 5.41) is 5.53. The fraction of sp³-hybridized carbons (Fsp3) is 0.389. The summed E-state index contributed by atoms with van der Waals surface area (Å²) in [6.07, 6.45) is 5.63. The van der Waals surface area contributed by atoms with Crippen LogP contribution in [0.25, 0.3) is 0 Å². The molecule has 0 bridgehead atoms. The average Bonchev–Trinajstić information content (AvgIpc) is 2.58. The van der Waals surface area contributed by atoms with Crippen molar-refractivity contribution in [2.75, 3.05) is 28.6 Å². The van der Waals surface area contributed by atoms with Gasteiger partial charge in [0.05, 0.1) is 18.1 Å². The van der Waals surface area contributed by atoms with Crippen LogP contribution in [-0.4, -0.2) is 29.1 Å². The van der Waals surface area contributed by atoms with Gasteiger partial charge in [-0.15, -0.1) is 0 Å². The second-order valence-electron chi connectivity index (χ2n) is 6.39. The van der Waals surface area contributed by atoms with Gasteiger partial charge in [0.1, 0.15) is 0 Å². The van der Waals surface area contributed by atoms with E-state index in [-0.39, 0.29) is 6.03 Å². The summed E-state index contributed by atoms with van der Waals surface area (Å²) in [7, 11) is 0. The molecule has 3 rings (SSSR count). The van der Waals surface area contributed by atoms with E-state index in [0.717, 1.165) is 36.2 Å². The minimum Gasteiger partial charge on any atom is -0.341 e. The molecule has 6 nitrogen and oxygen atoms in total. The molecule has 1 saturated heterocycles. The Morgan fingerprint density at radius 1 is 1.04 bits per heavy atom. The molecule has 0 radical (unpaired) electrons. The summed E-state index contributed by atoms with van der Waals surface area (Å²) in [4.78, 5) is 22.9. The average molecular weight is 325 g/mol. The third kappa shape index (κ3) is 4.22. The molecule has 2 amide bonds. The topological polar surface area (TPSA) is 70.2 Å². The van der Waals surface area contributed by atoms with Crippen LogP contribution in [0.15, 0.2) is 36.7 Å². The number of amides is 2.